The minimum Gasteiger partial charge on any atom is -0.279 e. The van der Waals surface area contributed by atoms with Crippen molar-refractivity contribution in [1.82, 2.24) is 9.97 Å². The van der Waals surface area contributed by atoms with Gasteiger partial charge >= 0.3 is 0 Å². The average molecular weight is 500 g/mol. The molecule has 1 amide bonds. The Morgan fingerprint density at radius 1 is 1.15 bits per heavy atom. The molecule has 0 unspecified atom stereocenters. The van der Waals surface area contributed by atoms with Crippen molar-refractivity contribution >= 4 is 54.0 Å². The van der Waals surface area contributed by atoms with Gasteiger partial charge in [0.05, 0.1) is 26.9 Å². The molecular weight excluding hydrogens is 478 g/mol. The number of halogens is 1. The van der Waals surface area contributed by atoms with E-state index in [4.69, 9.17) is 16.6 Å². The first-order valence-electron chi connectivity index (χ1n) is 10.3. The lowest BCUT2D eigenvalue weighted by Gasteiger charge is -2.20. The monoisotopic (exact) mass is 499 g/mol. The van der Waals surface area contributed by atoms with Crippen LogP contribution in [0, 0.1) is 6.92 Å². The summed E-state index contributed by atoms with van der Waals surface area (Å²) in [7, 11) is -3.52. The number of pyridine rings is 1. The first-order chi connectivity index (χ1) is 15.7. The molecule has 2 heterocycles. The maximum absolute atomic E-state index is 13.7. The molecule has 2 aromatic carbocycles. The zero-order valence-electron chi connectivity index (χ0n) is 18.3. The molecule has 0 aliphatic rings. The molecular formula is C24H22ClN3O3S2. The number of hydrogen-bond acceptors (Lipinski definition) is 6. The molecule has 0 bridgehead atoms. The summed E-state index contributed by atoms with van der Waals surface area (Å²) < 4.78 is 26.2. The van der Waals surface area contributed by atoms with Gasteiger partial charge in [0.2, 0.25) is 0 Å². The van der Waals surface area contributed by atoms with Crippen molar-refractivity contribution in [1.29, 1.82) is 0 Å². The highest BCUT2D eigenvalue weighted by atomic mass is 35.5. The van der Waals surface area contributed by atoms with Gasteiger partial charge in [-0.25, -0.2) is 13.4 Å². The van der Waals surface area contributed by atoms with Gasteiger partial charge in [-0.2, -0.15) is 0 Å². The summed E-state index contributed by atoms with van der Waals surface area (Å²) in [6, 6.07) is 13.5. The molecule has 6 nitrogen and oxygen atoms in total. The number of hydrogen-bond donors (Lipinski definition) is 0. The highest BCUT2D eigenvalue weighted by Crippen LogP contribution is 2.35. The molecule has 4 aromatic rings. The first kappa shape index (κ1) is 23.4. The van der Waals surface area contributed by atoms with Crippen LogP contribution in [0.3, 0.4) is 0 Å². The van der Waals surface area contributed by atoms with E-state index in [1.165, 1.54) is 23.5 Å². The van der Waals surface area contributed by atoms with E-state index >= 15 is 0 Å². The van der Waals surface area contributed by atoms with Crippen LogP contribution in [0.1, 0.15) is 35.3 Å². The second kappa shape index (κ2) is 9.21. The van der Waals surface area contributed by atoms with Crippen molar-refractivity contribution < 1.29 is 13.2 Å². The number of sulfone groups is 1. The summed E-state index contributed by atoms with van der Waals surface area (Å²) in [6.45, 7) is 5.36. The van der Waals surface area contributed by atoms with Crippen molar-refractivity contribution in [2.24, 2.45) is 0 Å². The van der Waals surface area contributed by atoms with Crippen molar-refractivity contribution in [3.05, 3.63) is 82.6 Å². The number of benzene rings is 2. The first-order valence-corrected chi connectivity index (χ1v) is 13.0. The Bertz CT molecular complexity index is 1430. The van der Waals surface area contributed by atoms with Crippen LogP contribution in [0.25, 0.3) is 10.2 Å². The van der Waals surface area contributed by atoms with E-state index in [2.05, 4.69) is 4.98 Å². The number of aryl methyl sites for hydroxylation is 1. The third-order valence-corrected chi connectivity index (χ3v) is 8.91. The zero-order chi connectivity index (χ0) is 23.8. The molecule has 0 spiro atoms. The van der Waals surface area contributed by atoms with Gasteiger partial charge in [0, 0.05) is 23.0 Å². The number of anilines is 1. The lowest BCUT2D eigenvalue weighted by molar-refractivity contribution is 0.0985. The quantitative estimate of drug-likeness (QED) is 0.341. The minimum absolute atomic E-state index is 0.122. The number of fused-ring (bicyclic) bond motifs is 1. The van der Waals surface area contributed by atoms with Gasteiger partial charge in [0.25, 0.3) is 5.91 Å². The Labute approximate surface area is 201 Å². The fourth-order valence-corrected chi connectivity index (χ4v) is 5.62. The van der Waals surface area contributed by atoms with E-state index in [-0.39, 0.29) is 22.9 Å². The van der Waals surface area contributed by atoms with Crippen molar-refractivity contribution in [3.8, 4) is 0 Å². The Morgan fingerprint density at radius 2 is 1.94 bits per heavy atom. The minimum atomic E-state index is -3.52. The zero-order valence-corrected chi connectivity index (χ0v) is 20.7. The van der Waals surface area contributed by atoms with Gasteiger partial charge < -0.3 is 0 Å². The second-order valence-electron chi connectivity index (χ2n) is 7.89. The van der Waals surface area contributed by atoms with Crippen LogP contribution in [-0.4, -0.2) is 29.5 Å². The van der Waals surface area contributed by atoms with Crippen LogP contribution in [0.15, 0.2) is 65.8 Å². The standard InChI is InChI=1S/C24H22ClN3O3S2/c1-15(2)33(30,31)19-8-4-7-18(12-19)23(29)28(14-17-6-5-11-26-13-17)24-27-22-16(3)20(25)9-10-21(22)32-24/h4-13,15H,14H2,1-3H3. The molecule has 0 N–H and O–H groups in total. The van der Waals surface area contributed by atoms with Gasteiger partial charge in [-0.3, -0.25) is 14.7 Å². The molecule has 2 aromatic heterocycles. The van der Waals surface area contributed by atoms with E-state index in [1.54, 1.807) is 49.3 Å². The number of nitrogens with zero attached hydrogens (tertiary/aromatic N) is 3. The highest BCUT2D eigenvalue weighted by Gasteiger charge is 2.25. The maximum atomic E-state index is 13.7. The molecule has 0 saturated carbocycles. The third kappa shape index (κ3) is 4.64. The summed E-state index contributed by atoms with van der Waals surface area (Å²) in [5.74, 6) is -0.345. The molecule has 0 fully saturated rings. The molecule has 0 aliphatic carbocycles. The highest BCUT2D eigenvalue weighted by molar-refractivity contribution is 7.92. The van der Waals surface area contributed by atoms with Gasteiger partial charge in [-0.05, 0) is 68.3 Å². The summed E-state index contributed by atoms with van der Waals surface area (Å²) in [6.07, 6.45) is 3.36. The third-order valence-electron chi connectivity index (χ3n) is 5.31. The van der Waals surface area contributed by atoms with E-state index in [1.807, 2.05) is 25.1 Å². The van der Waals surface area contributed by atoms with Gasteiger partial charge in [-0.15, -0.1) is 0 Å². The predicted octanol–water partition coefficient (Wildman–Crippen LogP) is 5.68. The van der Waals surface area contributed by atoms with Gasteiger partial charge in [0.1, 0.15) is 0 Å². The number of amides is 1. The van der Waals surface area contributed by atoms with Crippen LogP contribution in [0.4, 0.5) is 5.13 Å². The Morgan fingerprint density at radius 3 is 2.64 bits per heavy atom. The van der Waals surface area contributed by atoms with E-state index in [0.29, 0.717) is 10.2 Å². The van der Waals surface area contributed by atoms with Gasteiger partial charge in [-0.1, -0.05) is 35.1 Å². The van der Waals surface area contributed by atoms with Crippen LogP contribution in [-0.2, 0) is 16.4 Å². The van der Waals surface area contributed by atoms with Crippen molar-refractivity contribution in [2.75, 3.05) is 4.90 Å². The Hall–Kier alpha value is -2.81. The number of carbonyl (C=O) groups is 1. The normalized spacial score (nSPS) is 11.8. The molecule has 0 radical (unpaired) electrons. The summed E-state index contributed by atoms with van der Waals surface area (Å²) in [4.78, 5) is 24.2. The van der Waals surface area contributed by atoms with E-state index in [0.717, 1.165) is 21.3 Å². The summed E-state index contributed by atoms with van der Waals surface area (Å²) >= 11 is 7.65. The summed E-state index contributed by atoms with van der Waals surface area (Å²) in [5, 5.41) is 0.517. The number of thiazole rings is 1. The van der Waals surface area contributed by atoms with Crippen LogP contribution < -0.4 is 4.90 Å². The molecule has 33 heavy (non-hydrogen) atoms. The number of rotatable bonds is 6. The second-order valence-corrected chi connectivity index (χ2v) is 11.8. The number of carbonyl (C=O) groups excluding carboxylic acids is 1. The van der Waals surface area contributed by atoms with Gasteiger partial charge in [0.15, 0.2) is 15.0 Å². The molecule has 0 atom stereocenters. The lowest BCUT2D eigenvalue weighted by atomic mass is 10.2. The van der Waals surface area contributed by atoms with Crippen molar-refractivity contribution in [3.63, 3.8) is 0 Å². The molecule has 0 aliphatic heterocycles. The summed E-state index contributed by atoms with van der Waals surface area (Å²) in [5.41, 5.74) is 2.68. The fourth-order valence-electron chi connectivity index (χ4n) is 3.34. The Balaban J connectivity index is 1.81. The molecule has 170 valence electrons. The van der Waals surface area contributed by atoms with Crippen LogP contribution in [0.5, 0.6) is 0 Å². The van der Waals surface area contributed by atoms with E-state index < -0.39 is 15.1 Å². The molecule has 4 rings (SSSR count). The number of aromatic nitrogens is 2. The molecule has 0 saturated heterocycles. The smallest absolute Gasteiger partial charge is 0.260 e. The average Bonchev–Trinajstić information content (AvgIpc) is 3.25. The SMILES string of the molecule is Cc1c(Cl)ccc2sc(N(Cc3cccnc3)C(=O)c3cccc(S(=O)(=O)C(C)C)c3)nc12. The topological polar surface area (TPSA) is 80.2 Å². The Kier molecular flexibility index (Phi) is 6.52. The van der Waals surface area contributed by atoms with E-state index in [9.17, 15) is 13.2 Å². The molecule has 9 heteroatoms. The largest absolute Gasteiger partial charge is 0.279 e. The maximum Gasteiger partial charge on any atom is 0.260 e. The van der Waals surface area contributed by atoms with Crippen LogP contribution >= 0.6 is 22.9 Å². The predicted molar refractivity (Wildman–Crippen MR) is 133 cm³/mol. The fraction of sp³-hybridized carbons (Fsp3) is 0.208. The van der Waals surface area contributed by atoms with Crippen LogP contribution in [0.2, 0.25) is 5.02 Å². The van der Waals surface area contributed by atoms with Crippen molar-refractivity contribution in [2.45, 2.75) is 37.5 Å². The lowest BCUT2D eigenvalue weighted by Crippen LogP contribution is -2.30.